The number of rotatable bonds is 13. The molecule has 0 aliphatic rings. The van der Waals surface area contributed by atoms with Crippen molar-refractivity contribution in [2.24, 2.45) is 0 Å². The van der Waals surface area contributed by atoms with E-state index >= 15 is 0 Å². The molecule has 0 aliphatic carbocycles. The number of sulfonamides is 1. The summed E-state index contributed by atoms with van der Waals surface area (Å²) in [5, 5.41) is 3.13. The molecule has 44 heavy (non-hydrogen) atoms. The number of halogens is 1. The van der Waals surface area contributed by atoms with Crippen LogP contribution in [0.1, 0.15) is 11.1 Å². The van der Waals surface area contributed by atoms with Gasteiger partial charge in [0, 0.05) is 31.1 Å². The normalized spacial score (nSPS) is 11.7. The predicted molar refractivity (Wildman–Crippen MR) is 171 cm³/mol. The third-order valence-corrected chi connectivity index (χ3v) is 9.05. The lowest BCUT2D eigenvalue weighted by Gasteiger charge is -2.33. The van der Waals surface area contributed by atoms with Gasteiger partial charge in [0.25, 0.3) is 10.0 Å². The SMILES string of the molecule is CNC(=O)C(Cc1ccccc1)N(Cc1cccc(Cl)c1)C(=O)CN(c1ccc(OC)c(OC)c1)S(=O)(=O)c1ccccc1. The Balaban J connectivity index is 1.82. The summed E-state index contributed by atoms with van der Waals surface area (Å²) in [6, 6.07) is 27.7. The van der Waals surface area contributed by atoms with Gasteiger partial charge in [0.05, 0.1) is 24.8 Å². The van der Waals surface area contributed by atoms with Crippen LogP contribution in [0.3, 0.4) is 0 Å². The lowest BCUT2D eigenvalue weighted by molar-refractivity contribution is -0.139. The maximum absolute atomic E-state index is 14.4. The monoisotopic (exact) mass is 635 g/mol. The molecule has 11 heteroatoms. The van der Waals surface area contributed by atoms with E-state index < -0.39 is 34.4 Å². The zero-order chi connectivity index (χ0) is 31.7. The average molecular weight is 636 g/mol. The Bertz CT molecular complexity index is 1690. The van der Waals surface area contributed by atoms with Crippen LogP contribution in [0.5, 0.6) is 11.5 Å². The summed E-state index contributed by atoms with van der Waals surface area (Å²) < 4.78 is 40.0. The summed E-state index contributed by atoms with van der Waals surface area (Å²) in [5.41, 5.74) is 1.69. The molecule has 0 bridgehead atoms. The van der Waals surface area contributed by atoms with E-state index in [0.29, 0.717) is 16.3 Å². The molecular weight excluding hydrogens is 602 g/mol. The van der Waals surface area contributed by atoms with Gasteiger partial charge in [-0.15, -0.1) is 0 Å². The molecule has 0 radical (unpaired) electrons. The van der Waals surface area contributed by atoms with Gasteiger partial charge in [-0.25, -0.2) is 8.42 Å². The van der Waals surface area contributed by atoms with Gasteiger partial charge >= 0.3 is 0 Å². The second-order valence-electron chi connectivity index (χ2n) is 9.84. The molecule has 2 amide bonds. The van der Waals surface area contributed by atoms with E-state index in [0.717, 1.165) is 9.87 Å². The first-order valence-corrected chi connectivity index (χ1v) is 15.6. The van der Waals surface area contributed by atoms with E-state index in [1.54, 1.807) is 48.5 Å². The van der Waals surface area contributed by atoms with E-state index in [1.165, 1.54) is 50.4 Å². The number of carbonyl (C=O) groups is 2. The number of methoxy groups -OCH3 is 2. The minimum Gasteiger partial charge on any atom is -0.493 e. The molecular formula is C33H34ClN3O6S. The fraction of sp³-hybridized carbons (Fsp3) is 0.212. The van der Waals surface area contributed by atoms with E-state index in [1.807, 2.05) is 30.3 Å². The van der Waals surface area contributed by atoms with Crippen molar-refractivity contribution in [3.63, 3.8) is 0 Å². The van der Waals surface area contributed by atoms with E-state index in [9.17, 15) is 18.0 Å². The van der Waals surface area contributed by atoms with Gasteiger partial charge < -0.3 is 19.7 Å². The highest BCUT2D eigenvalue weighted by atomic mass is 35.5. The molecule has 1 atom stereocenters. The van der Waals surface area contributed by atoms with Gasteiger partial charge in [0.15, 0.2) is 11.5 Å². The van der Waals surface area contributed by atoms with Crippen LogP contribution in [0, 0.1) is 0 Å². The average Bonchev–Trinajstić information content (AvgIpc) is 3.05. The van der Waals surface area contributed by atoms with Crippen LogP contribution in [-0.2, 0) is 32.6 Å². The van der Waals surface area contributed by atoms with Crippen LogP contribution in [0.25, 0.3) is 0 Å². The Morgan fingerprint density at radius 3 is 2.07 bits per heavy atom. The van der Waals surface area contributed by atoms with Crippen molar-refractivity contribution >= 4 is 39.1 Å². The molecule has 4 aromatic rings. The number of likely N-dealkylation sites (N-methyl/N-ethyl adjacent to an activating group) is 1. The number of hydrogen-bond acceptors (Lipinski definition) is 6. The van der Waals surface area contributed by atoms with E-state index in [-0.39, 0.29) is 29.3 Å². The minimum atomic E-state index is -4.25. The molecule has 0 spiro atoms. The van der Waals surface area contributed by atoms with Gasteiger partial charge in [-0.05, 0) is 47.5 Å². The molecule has 0 aromatic heterocycles. The Kier molecular flexibility index (Phi) is 10.9. The number of hydrogen-bond donors (Lipinski definition) is 1. The quantitative estimate of drug-likeness (QED) is 0.223. The molecule has 9 nitrogen and oxygen atoms in total. The predicted octanol–water partition coefficient (Wildman–Crippen LogP) is 4.94. The molecule has 1 N–H and O–H groups in total. The van der Waals surface area contributed by atoms with Gasteiger partial charge in [-0.3, -0.25) is 13.9 Å². The van der Waals surface area contributed by atoms with Gasteiger partial charge in [-0.2, -0.15) is 0 Å². The number of nitrogens with one attached hydrogen (secondary N) is 1. The highest BCUT2D eigenvalue weighted by molar-refractivity contribution is 7.92. The summed E-state index contributed by atoms with van der Waals surface area (Å²) >= 11 is 6.26. The fourth-order valence-corrected chi connectivity index (χ4v) is 6.42. The number of anilines is 1. The highest BCUT2D eigenvalue weighted by Gasteiger charge is 2.34. The third kappa shape index (κ3) is 7.69. The van der Waals surface area contributed by atoms with Crippen molar-refractivity contribution in [1.29, 1.82) is 0 Å². The third-order valence-electron chi connectivity index (χ3n) is 7.02. The lowest BCUT2D eigenvalue weighted by atomic mass is 10.0. The number of carbonyl (C=O) groups excluding carboxylic acids is 2. The Hall–Kier alpha value is -4.54. The Morgan fingerprint density at radius 2 is 1.45 bits per heavy atom. The van der Waals surface area contributed by atoms with Crippen LogP contribution in [0.2, 0.25) is 5.02 Å². The summed E-state index contributed by atoms with van der Waals surface area (Å²) in [6.45, 7) is -0.592. The van der Waals surface area contributed by atoms with Crippen molar-refractivity contribution in [2.75, 3.05) is 32.1 Å². The molecule has 0 heterocycles. The smallest absolute Gasteiger partial charge is 0.264 e. The molecule has 0 fully saturated rings. The molecule has 0 saturated carbocycles. The summed E-state index contributed by atoms with van der Waals surface area (Å²) in [6.07, 6.45) is 0.203. The first-order valence-electron chi connectivity index (χ1n) is 13.8. The number of amides is 2. The molecule has 4 aromatic carbocycles. The van der Waals surface area contributed by atoms with Crippen molar-refractivity contribution in [3.8, 4) is 11.5 Å². The second kappa shape index (κ2) is 14.8. The largest absolute Gasteiger partial charge is 0.493 e. The molecule has 4 rings (SSSR count). The zero-order valence-corrected chi connectivity index (χ0v) is 26.2. The van der Waals surface area contributed by atoms with Crippen LogP contribution in [0.4, 0.5) is 5.69 Å². The van der Waals surface area contributed by atoms with E-state index in [2.05, 4.69) is 5.32 Å². The fourth-order valence-electron chi connectivity index (χ4n) is 4.78. The van der Waals surface area contributed by atoms with Crippen molar-refractivity contribution in [1.82, 2.24) is 10.2 Å². The summed E-state index contributed by atoms with van der Waals surface area (Å²) in [4.78, 5) is 29.1. The standard InChI is InChI=1S/C33H34ClN3O6S/c1-35-33(39)29(20-24-11-6-4-7-12-24)36(22-25-13-10-14-26(34)19-25)32(38)23-37(44(40,41)28-15-8-5-9-16-28)27-17-18-30(42-2)31(21-27)43-3/h4-19,21,29H,20,22-23H2,1-3H3,(H,35,39). The molecule has 0 aliphatic heterocycles. The number of benzene rings is 4. The number of ether oxygens (including phenoxy) is 2. The molecule has 0 saturated heterocycles. The van der Waals surface area contributed by atoms with Crippen LogP contribution < -0.4 is 19.1 Å². The van der Waals surface area contributed by atoms with Crippen molar-refractivity contribution in [3.05, 3.63) is 119 Å². The number of nitrogens with zero attached hydrogens (tertiary/aromatic N) is 2. The van der Waals surface area contributed by atoms with Gasteiger partial charge in [-0.1, -0.05) is 72.3 Å². The first kappa shape index (κ1) is 32.4. The lowest BCUT2D eigenvalue weighted by Crippen LogP contribution is -2.53. The molecule has 230 valence electrons. The summed E-state index contributed by atoms with van der Waals surface area (Å²) in [7, 11) is 0.157. The Morgan fingerprint density at radius 1 is 0.818 bits per heavy atom. The van der Waals surface area contributed by atoms with Crippen LogP contribution >= 0.6 is 11.6 Å². The Labute approximate surface area is 263 Å². The maximum atomic E-state index is 14.4. The van der Waals surface area contributed by atoms with E-state index in [4.69, 9.17) is 21.1 Å². The molecule has 1 unspecified atom stereocenters. The van der Waals surface area contributed by atoms with Gasteiger partial charge in [0.2, 0.25) is 11.8 Å². The zero-order valence-electron chi connectivity index (χ0n) is 24.6. The summed E-state index contributed by atoms with van der Waals surface area (Å²) in [5.74, 6) is -0.310. The van der Waals surface area contributed by atoms with Crippen molar-refractivity contribution in [2.45, 2.75) is 23.9 Å². The van der Waals surface area contributed by atoms with Crippen molar-refractivity contribution < 1.29 is 27.5 Å². The first-order chi connectivity index (χ1) is 21.2. The van der Waals surface area contributed by atoms with Crippen LogP contribution in [0.15, 0.2) is 108 Å². The van der Waals surface area contributed by atoms with Gasteiger partial charge in [0.1, 0.15) is 12.6 Å². The highest BCUT2D eigenvalue weighted by Crippen LogP contribution is 2.34. The maximum Gasteiger partial charge on any atom is 0.264 e. The minimum absolute atomic E-state index is 0.00360. The second-order valence-corrected chi connectivity index (χ2v) is 12.1. The topological polar surface area (TPSA) is 105 Å². The van der Waals surface area contributed by atoms with Crippen LogP contribution in [-0.4, -0.2) is 59.0 Å².